The van der Waals surface area contributed by atoms with E-state index in [-0.39, 0.29) is 24.5 Å². The Morgan fingerprint density at radius 2 is 2.19 bits per heavy atom. The van der Waals surface area contributed by atoms with Crippen molar-refractivity contribution >= 4 is 44.1 Å². The molecule has 0 aliphatic heterocycles. The molecule has 2 heterocycles. The van der Waals surface area contributed by atoms with Gasteiger partial charge < -0.3 is 10.1 Å². The smallest absolute Gasteiger partial charge is 0.341 e. The zero-order valence-electron chi connectivity index (χ0n) is 14.9. The van der Waals surface area contributed by atoms with Crippen LogP contribution in [-0.2, 0) is 28.9 Å². The van der Waals surface area contributed by atoms with Crippen molar-refractivity contribution in [3.05, 3.63) is 32.9 Å². The number of halogens is 1. The van der Waals surface area contributed by atoms with Crippen molar-refractivity contribution in [1.29, 1.82) is 0 Å². The van der Waals surface area contributed by atoms with Crippen molar-refractivity contribution in [1.82, 2.24) is 9.78 Å². The van der Waals surface area contributed by atoms with E-state index < -0.39 is 0 Å². The Kier molecular flexibility index (Phi) is 6.13. The van der Waals surface area contributed by atoms with Crippen LogP contribution < -0.4 is 5.32 Å². The van der Waals surface area contributed by atoms with E-state index in [1.807, 2.05) is 13.8 Å². The molecule has 1 N–H and O–H groups in total. The van der Waals surface area contributed by atoms with Crippen LogP contribution in [0.5, 0.6) is 0 Å². The third kappa shape index (κ3) is 4.35. The molecule has 2 aromatic rings. The van der Waals surface area contributed by atoms with Gasteiger partial charge in [-0.25, -0.2) is 4.79 Å². The summed E-state index contributed by atoms with van der Waals surface area (Å²) in [7, 11) is 0. The van der Waals surface area contributed by atoms with Crippen molar-refractivity contribution in [2.45, 2.75) is 58.6 Å². The molecule has 140 valence electrons. The molecule has 26 heavy (non-hydrogen) atoms. The summed E-state index contributed by atoms with van der Waals surface area (Å²) in [6.07, 6.45) is 7.96. The van der Waals surface area contributed by atoms with Gasteiger partial charge in [0.05, 0.1) is 22.3 Å². The van der Waals surface area contributed by atoms with E-state index in [2.05, 4.69) is 26.3 Å². The highest BCUT2D eigenvalue weighted by Crippen LogP contribution is 2.38. The number of nitrogens with one attached hydrogen (secondary N) is 1. The number of nitrogens with zero attached hydrogens (tertiary/aromatic N) is 2. The third-order valence-electron chi connectivity index (χ3n) is 4.42. The zero-order chi connectivity index (χ0) is 18.7. The predicted molar refractivity (Wildman–Crippen MR) is 105 cm³/mol. The first-order chi connectivity index (χ1) is 12.5. The number of rotatable bonds is 6. The number of fused-ring (bicyclic) bond motifs is 1. The normalized spacial score (nSPS) is 14.6. The quantitative estimate of drug-likeness (QED) is 0.684. The maximum absolute atomic E-state index is 12.7. The van der Waals surface area contributed by atoms with E-state index in [1.165, 1.54) is 16.2 Å². The van der Waals surface area contributed by atoms with Gasteiger partial charge in [-0.2, -0.15) is 5.10 Å². The first-order valence-electron chi connectivity index (χ1n) is 8.81. The van der Waals surface area contributed by atoms with E-state index in [1.54, 1.807) is 17.1 Å². The zero-order valence-corrected chi connectivity index (χ0v) is 17.3. The Morgan fingerprint density at radius 1 is 1.42 bits per heavy atom. The Hall–Kier alpha value is -1.67. The van der Waals surface area contributed by atoms with Crippen molar-refractivity contribution in [3.63, 3.8) is 0 Å². The van der Waals surface area contributed by atoms with Crippen molar-refractivity contribution in [2.75, 3.05) is 5.32 Å². The predicted octanol–water partition coefficient (Wildman–Crippen LogP) is 4.18. The summed E-state index contributed by atoms with van der Waals surface area (Å²) in [5, 5.41) is 7.59. The van der Waals surface area contributed by atoms with Gasteiger partial charge in [-0.05, 0) is 60.5 Å². The number of aromatic nitrogens is 2. The molecule has 1 unspecified atom stereocenters. The SMILES string of the molecule is CCC(C)OC(=O)c1c(NC(=O)Cn2cc(Br)cn2)sc2c1CCCC2. The minimum absolute atomic E-state index is 0.0913. The van der Waals surface area contributed by atoms with Gasteiger partial charge in [0.25, 0.3) is 0 Å². The van der Waals surface area contributed by atoms with Crippen molar-refractivity contribution < 1.29 is 14.3 Å². The maximum Gasteiger partial charge on any atom is 0.341 e. The van der Waals surface area contributed by atoms with E-state index in [0.717, 1.165) is 42.1 Å². The Morgan fingerprint density at radius 3 is 2.88 bits per heavy atom. The average Bonchev–Trinajstić information content (AvgIpc) is 3.17. The number of anilines is 1. The summed E-state index contributed by atoms with van der Waals surface area (Å²) in [5.74, 6) is -0.548. The Labute approximate surface area is 165 Å². The molecular weight excluding hydrogens is 418 g/mol. The molecule has 0 aromatic carbocycles. The number of hydrogen-bond donors (Lipinski definition) is 1. The average molecular weight is 440 g/mol. The lowest BCUT2D eigenvalue weighted by Gasteiger charge is -2.15. The van der Waals surface area contributed by atoms with Gasteiger partial charge >= 0.3 is 5.97 Å². The highest BCUT2D eigenvalue weighted by atomic mass is 79.9. The van der Waals surface area contributed by atoms with Gasteiger partial charge in [-0.15, -0.1) is 11.3 Å². The molecule has 0 spiro atoms. The Bertz CT molecular complexity index is 815. The largest absolute Gasteiger partial charge is 0.459 e. The summed E-state index contributed by atoms with van der Waals surface area (Å²) >= 11 is 4.81. The van der Waals surface area contributed by atoms with Crippen LogP contribution in [0.3, 0.4) is 0 Å². The second-order valence-corrected chi connectivity index (χ2v) is 8.46. The summed E-state index contributed by atoms with van der Waals surface area (Å²) in [5.41, 5.74) is 1.59. The molecule has 0 saturated carbocycles. The molecule has 1 amide bonds. The van der Waals surface area contributed by atoms with Crippen molar-refractivity contribution in [3.8, 4) is 0 Å². The topological polar surface area (TPSA) is 73.2 Å². The molecule has 0 saturated heterocycles. The van der Waals surface area contributed by atoms with Crippen LogP contribution in [0.2, 0.25) is 0 Å². The Balaban J connectivity index is 1.82. The van der Waals surface area contributed by atoms with Crippen LogP contribution >= 0.6 is 27.3 Å². The third-order valence-corrected chi connectivity index (χ3v) is 6.04. The molecule has 1 atom stereocenters. The molecule has 6 nitrogen and oxygen atoms in total. The fourth-order valence-electron chi connectivity index (χ4n) is 2.93. The number of aryl methyl sites for hydroxylation is 1. The lowest BCUT2D eigenvalue weighted by Crippen LogP contribution is -2.21. The van der Waals surface area contributed by atoms with Crippen LogP contribution in [0.4, 0.5) is 5.00 Å². The summed E-state index contributed by atoms with van der Waals surface area (Å²) in [6, 6.07) is 0. The number of hydrogen-bond acceptors (Lipinski definition) is 5. The highest BCUT2D eigenvalue weighted by Gasteiger charge is 2.28. The maximum atomic E-state index is 12.7. The minimum atomic E-state index is -0.337. The van der Waals surface area contributed by atoms with Crippen molar-refractivity contribution in [2.24, 2.45) is 0 Å². The second-order valence-electron chi connectivity index (χ2n) is 6.44. The molecule has 0 bridgehead atoms. The second kappa shape index (κ2) is 8.35. The molecule has 0 fully saturated rings. The van der Waals surface area contributed by atoms with Gasteiger partial charge in [0.1, 0.15) is 11.5 Å². The first-order valence-corrected chi connectivity index (χ1v) is 10.4. The summed E-state index contributed by atoms with van der Waals surface area (Å²) < 4.78 is 7.91. The fraction of sp³-hybridized carbons (Fsp3) is 0.500. The molecule has 3 rings (SSSR count). The fourth-order valence-corrected chi connectivity index (χ4v) is 4.55. The van der Waals surface area contributed by atoms with E-state index in [9.17, 15) is 9.59 Å². The van der Waals surface area contributed by atoms with Gasteiger partial charge in [0, 0.05) is 11.1 Å². The van der Waals surface area contributed by atoms with E-state index >= 15 is 0 Å². The molecule has 0 radical (unpaired) electrons. The molecule has 1 aliphatic carbocycles. The van der Waals surface area contributed by atoms with Crippen LogP contribution in [0, 0.1) is 0 Å². The van der Waals surface area contributed by atoms with Gasteiger partial charge in [-0.3, -0.25) is 9.48 Å². The van der Waals surface area contributed by atoms with Gasteiger partial charge in [-0.1, -0.05) is 6.92 Å². The van der Waals surface area contributed by atoms with Crippen LogP contribution in [0.25, 0.3) is 0 Å². The number of ether oxygens (including phenoxy) is 1. The molecular formula is C18H22BrN3O3S. The number of carbonyl (C=O) groups is 2. The number of esters is 1. The van der Waals surface area contributed by atoms with E-state index in [4.69, 9.17) is 4.74 Å². The van der Waals surface area contributed by atoms with E-state index in [0.29, 0.717) is 10.6 Å². The minimum Gasteiger partial charge on any atom is -0.459 e. The first kappa shape index (κ1) is 19.1. The monoisotopic (exact) mass is 439 g/mol. The summed E-state index contributed by atoms with van der Waals surface area (Å²) in [4.78, 5) is 26.3. The molecule has 8 heteroatoms. The lowest BCUT2D eigenvalue weighted by atomic mass is 9.95. The van der Waals surface area contributed by atoms with Gasteiger partial charge in [0.15, 0.2) is 0 Å². The number of carbonyl (C=O) groups excluding carboxylic acids is 2. The number of amides is 1. The van der Waals surface area contributed by atoms with Crippen LogP contribution in [0.1, 0.15) is 53.9 Å². The highest BCUT2D eigenvalue weighted by molar-refractivity contribution is 9.10. The lowest BCUT2D eigenvalue weighted by molar-refractivity contribution is -0.116. The molecule has 2 aromatic heterocycles. The number of thiophene rings is 1. The molecule has 1 aliphatic rings. The van der Waals surface area contributed by atoms with Gasteiger partial charge in [0.2, 0.25) is 5.91 Å². The van der Waals surface area contributed by atoms with Crippen LogP contribution in [0.15, 0.2) is 16.9 Å². The summed E-state index contributed by atoms with van der Waals surface area (Å²) in [6.45, 7) is 3.95. The standard InChI is InChI=1S/C18H22BrN3O3S/c1-3-11(2)25-18(24)16-13-6-4-5-7-14(13)26-17(16)21-15(23)10-22-9-12(19)8-20-22/h8-9,11H,3-7,10H2,1-2H3,(H,21,23). The van der Waals surface area contributed by atoms with Crippen LogP contribution in [-0.4, -0.2) is 27.8 Å².